The van der Waals surface area contributed by atoms with Gasteiger partial charge in [-0.15, -0.1) is 0 Å². The summed E-state index contributed by atoms with van der Waals surface area (Å²) < 4.78 is 26.9. The van der Waals surface area contributed by atoms with Crippen LogP contribution in [0, 0.1) is 11.6 Å². The number of nitrogens with two attached hydrogens (primary N) is 1. The molecule has 0 fully saturated rings. The highest BCUT2D eigenvalue weighted by molar-refractivity contribution is 9.10. The molecule has 1 aromatic carbocycles. The second-order valence-corrected chi connectivity index (χ2v) is 5.02. The summed E-state index contributed by atoms with van der Waals surface area (Å²) in [6.07, 6.45) is 1.28. The molecule has 2 aromatic rings. The van der Waals surface area contributed by atoms with Crippen LogP contribution < -0.4 is 11.1 Å². The molecule has 0 aliphatic heterocycles. The lowest BCUT2D eigenvalue weighted by Gasteiger charge is -2.08. The first-order chi connectivity index (χ1) is 9.38. The van der Waals surface area contributed by atoms with Crippen molar-refractivity contribution in [2.24, 2.45) is 0 Å². The third-order valence-corrected chi connectivity index (χ3v) is 3.27. The normalized spacial score (nSPS) is 10.4. The molecule has 0 spiro atoms. The number of nitrogen functional groups attached to an aromatic ring is 1. The summed E-state index contributed by atoms with van der Waals surface area (Å²) >= 11 is 8.59. The average Bonchev–Trinajstić information content (AvgIpc) is 2.38. The van der Waals surface area contributed by atoms with Crippen LogP contribution in [-0.4, -0.2) is 10.9 Å². The van der Waals surface area contributed by atoms with Crippen molar-refractivity contribution >= 4 is 44.8 Å². The van der Waals surface area contributed by atoms with Gasteiger partial charge in [-0.3, -0.25) is 4.79 Å². The Morgan fingerprint density at radius 1 is 1.30 bits per heavy atom. The van der Waals surface area contributed by atoms with Crippen molar-refractivity contribution in [2.45, 2.75) is 0 Å². The second kappa shape index (κ2) is 5.72. The third-order valence-electron chi connectivity index (χ3n) is 2.36. The van der Waals surface area contributed by atoms with Crippen molar-refractivity contribution in [1.29, 1.82) is 0 Å². The number of halogens is 4. The summed E-state index contributed by atoms with van der Waals surface area (Å²) in [6.45, 7) is 0. The van der Waals surface area contributed by atoms with Gasteiger partial charge >= 0.3 is 0 Å². The van der Waals surface area contributed by atoms with Gasteiger partial charge in [-0.1, -0.05) is 11.6 Å². The number of aromatic nitrogens is 1. The molecule has 3 N–H and O–H groups in total. The Labute approximate surface area is 126 Å². The minimum absolute atomic E-state index is 0.0330. The van der Waals surface area contributed by atoms with E-state index in [1.807, 2.05) is 0 Å². The lowest BCUT2D eigenvalue weighted by molar-refractivity contribution is 0.102. The molecular weight excluding hydrogens is 356 g/mol. The molecule has 0 bridgehead atoms. The molecule has 0 radical (unpaired) electrons. The topological polar surface area (TPSA) is 68.0 Å². The zero-order valence-corrected chi connectivity index (χ0v) is 12.1. The number of hydrogen-bond donors (Lipinski definition) is 2. The summed E-state index contributed by atoms with van der Waals surface area (Å²) in [5.41, 5.74) is 5.37. The van der Waals surface area contributed by atoms with Gasteiger partial charge in [-0.2, -0.15) is 0 Å². The molecular formula is C12H7BrClF2N3O. The molecule has 0 aliphatic carbocycles. The van der Waals surface area contributed by atoms with Crippen LogP contribution in [0.4, 0.5) is 20.2 Å². The lowest BCUT2D eigenvalue weighted by Crippen LogP contribution is -2.14. The minimum atomic E-state index is -0.792. The summed E-state index contributed by atoms with van der Waals surface area (Å²) in [4.78, 5) is 15.6. The molecule has 8 heteroatoms. The Morgan fingerprint density at radius 2 is 2.00 bits per heavy atom. The standard InChI is InChI=1S/C12H7BrClF2N3O/c13-7-2-9(16)10(3-8(7)15)19-12(20)6-1-5(17)4-18-11(6)14/h1-4H,17H2,(H,19,20). The van der Waals surface area contributed by atoms with Crippen molar-refractivity contribution in [3.63, 3.8) is 0 Å². The van der Waals surface area contributed by atoms with Crippen molar-refractivity contribution in [1.82, 2.24) is 4.98 Å². The summed E-state index contributed by atoms with van der Waals surface area (Å²) in [6, 6.07) is 3.05. The zero-order chi connectivity index (χ0) is 14.9. The van der Waals surface area contributed by atoms with Crippen molar-refractivity contribution in [3.05, 3.63) is 51.2 Å². The Morgan fingerprint density at radius 3 is 2.70 bits per heavy atom. The molecule has 2 rings (SSSR count). The van der Waals surface area contributed by atoms with E-state index in [2.05, 4.69) is 26.2 Å². The molecule has 0 aliphatic rings. The number of rotatable bonds is 2. The Hall–Kier alpha value is -1.73. The molecule has 0 atom stereocenters. The van der Waals surface area contributed by atoms with Crippen LogP contribution in [0.5, 0.6) is 0 Å². The van der Waals surface area contributed by atoms with Gasteiger partial charge < -0.3 is 11.1 Å². The number of nitrogens with one attached hydrogen (secondary N) is 1. The number of anilines is 2. The molecule has 0 unspecified atom stereocenters. The maximum Gasteiger partial charge on any atom is 0.258 e. The molecule has 20 heavy (non-hydrogen) atoms. The third kappa shape index (κ3) is 3.05. The van der Waals surface area contributed by atoms with Crippen LogP contribution in [-0.2, 0) is 0 Å². The minimum Gasteiger partial charge on any atom is -0.397 e. The van der Waals surface area contributed by atoms with E-state index in [4.69, 9.17) is 17.3 Å². The average molecular weight is 363 g/mol. The molecule has 1 heterocycles. The number of benzene rings is 1. The summed E-state index contributed by atoms with van der Waals surface area (Å²) in [7, 11) is 0. The number of amides is 1. The van der Waals surface area contributed by atoms with E-state index in [0.29, 0.717) is 0 Å². The van der Waals surface area contributed by atoms with Crippen LogP contribution in [0.3, 0.4) is 0 Å². The van der Waals surface area contributed by atoms with Crippen molar-refractivity contribution in [3.8, 4) is 0 Å². The fourth-order valence-corrected chi connectivity index (χ4v) is 1.94. The first-order valence-corrected chi connectivity index (χ1v) is 6.42. The quantitative estimate of drug-likeness (QED) is 0.633. The number of pyridine rings is 1. The molecule has 0 saturated carbocycles. The van der Waals surface area contributed by atoms with Gasteiger partial charge in [0, 0.05) is 6.07 Å². The predicted octanol–water partition coefficient (Wildman–Crippen LogP) is 3.61. The van der Waals surface area contributed by atoms with E-state index >= 15 is 0 Å². The smallest absolute Gasteiger partial charge is 0.258 e. The Kier molecular flexibility index (Phi) is 4.20. The largest absolute Gasteiger partial charge is 0.397 e. The molecule has 1 amide bonds. The highest BCUT2D eigenvalue weighted by Crippen LogP contribution is 2.24. The van der Waals surface area contributed by atoms with Crippen LogP contribution in [0.2, 0.25) is 5.15 Å². The number of hydrogen-bond acceptors (Lipinski definition) is 3. The van der Waals surface area contributed by atoms with E-state index in [-0.39, 0.29) is 26.6 Å². The summed E-state index contributed by atoms with van der Waals surface area (Å²) in [5, 5.41) is 2.12. The van der Waals surface area contributed by atoms with Gasteiger partial charge in [0.2, 0.25) is 0 Å². The first kappa shape index (κ1) is 14.7. The predicted molar refractivity (Wildman–Crippen MR) is 75.7 cm³/mol. The van der Waals surface area contributed by atoms with Gasteiger partial charge in [-0.25, -0.2) is 13.8 Å². The molecule has 104 valence electrons. The maximum atomic E-state index is 13.6. The number of nitrogens with zero attached hydrogens (tertiary/aromatic N) is 1. The second-order valence-electron chi connectivity index (χ2n) is 3.81. The van der Waals surface area contributed by atoms with E-state index < -0.39 is 17.5 Å². The van der Waals surface area contributed by atoms with Gasteiger partial charge in [0.15, 0.2) is 0 Å². The maximum absolute atomic E-state index is 13.6. The fraction of sp³-hybridized carbons (Fsp3) is 0. The van der Waals surface area contributed by atoms with Crippen LogP contribution in [0.25, 0.3) is 0 Å². The van der Waals surface area contributed by atoms with E-state index in [9.17, 15) is 13.6 Å². The van der Waals surface area contributed by atoms with E-state index in [0.717, 1.165) is 12.1 Å². The fourth-order valence-electron chi connectivity index (χ4n) is 1.43. The lowest BCUT2D eigenvalue weighted by atomic mass is 10.2. The number of carbonyl (C=O) groups is 1. The van der Waals surface area contributed by atoms with Crippen molar-refractivity contribution in [2.75, 3.05) is 11.1 Å². The van der Waals surface area contributed by atoms with E-state index in [1.54, 1.807) is 0 Å². The zero-order valence-electron chi connectivity index (χ0n) is 9.75. The van der Waals surface area contributed by atoms with Crippen molar-refractivity contribution < 1.29 is 13.6 Å². The van der Waals surface area contributed by atoms with Gasteiger partial charge in [0.05, 0.1) is 27.6 Å². The van der Waals surface area contributed by atoms with Gasteiger partial charge in [-0.05, 0) is 28.1 Å². The molecule has 1 aromatic heterocycles. The SMILES string of the molecule is Nc1cnc(Cl)c(C(=O)Nc2cc(F)c(Br)cc2F)c1. The first-order valence-electron chi connectivity index (χ1n) is 5.25. The molecule has 4 nitrogen and oxygen atoms in total. The molecule has 0 saturated heterocycles. The van der Waals surface area contributed by atoms with Gasteiger partial charge in [0.25, 0.3) is 5.91 Å². The summed E-state index contributed by atoms with van der Waals surface area (Å²) in [5.74, 6) is -2.24. The Balaban J connectivity index is 2.32. The van der Waals surface area contributed by atoms with Gasteiger partial charge in [0.1, 0.15) is 16.8 Å². The number of carbonyl (C=O) groups excluding carboxylic acids is 1. The highest BCUT2D eigenvalue weighted by atomic mass is 79.9. The van der Waals surface area contributed by atoms with Crippen LogP contribution in [0.1, 0.15) is 10.4 Å². The van der Waals surface area contributed by atoms with Crippen LogP contribution in [0.15, 0.2) is 28.9 Å². The Bertz CT molecular complexity index is 697. The highest BCUT2D eigenvalue weighted by Gasteiger charge is 2.15. The van der Waals surface area contributed by atoms with Crippen LogP contribution >= 0.6 is 27.5 Å². The van der Waals surface area contributed by atoms with E-state index in [1.165, 1.54) is 12.3 Å². The monoisotopic (exact) mass is 361 g/mol.